The molecule has 2 aromatic carbocycles. The van der Waals surface area contributed by atoms with Crippen LogP contribution >= 0.6 is 15.9 Å². The molecule has 0 aliphatic rings. The van der Waals surface area contributed by atoms with Crippen LogP contribution in [0.4, 0.5) is 5.69 Å². The number of hydrogen-bond acceptors (Lipinski definition) is 4. The molecule has 20 heavy (non-hydrogen) atoms. The first-order chi connectivity index (χ1) is 9.60. The SMILES string of the molecule is COc1cccc(-n2nc3cc(C)c(N)c(Br)c3n2)c1. The van der Waals surface area contributed by atoms with E-state index in [0.29, 0.717) is 5.69 Å². The fourth-order valence-electron chi connectivity index (χ4n) is 2.01. The van der Waals surface area contributed by atoms with Gasteiger partial charge in [-0.1, -0.05) is 6.07 Å². The first kappa shape index (κ1) is 12.9. The normalized spacial score (nSPS) is 10.9. The van der Waals surface area contributed by atoms with Crippen molar-refractivity contribution in [2.24, 2.45) is 0 Å². The molecule has 1 aromatic heterocycles. The molecule has 2 N–H and O–H groups in total. The third-order valence-electron chi connectivity index (χ3n) is 3.15. The molecule has 0 fully saturated rings. The lowest BCUT2D eigenvalue weighted by atomic mass is 10.2. The molecule has 102 valence electrons. The summed E-state index contributed by atoms with van der Waals surface area (Å²) in [5.41, 5.74) is 10.0. The number of aryl methyl sites for hydroxylation is 1. The molecule has 1 heterocycles. The van der Waals surface area contributed by atoms with Gasteiger partial charge in [-0.05, 0) is 46.6 Å². The fourth-order valence-corrected chi connectivity index (χ4v) is 2.60. The Kier molecular flexibility index (Phi) is 3.10. The van der Waals surface area contributed by atoms with E-state index in [4.69, 9.17) is 10.5 Å². The van der Waals surface area contributed by atoms with Crippen LogP contribution in [0.1, 0.15) is 5.56 Å². The number of nitrogens with zero attached hydrogens (tertiary/aromatic N) is 3. The van der Waals surface area contributed by atoms with Crippen LogP contribution in [0.5, 0.6) is 5.75 Å². The Balaban J connectivity index is 2.20. The Bertz CT molecular complexity index is 797. The lowest BCUT2D eigenvalue weighted by molar-refractivity contribution is 0.414. The third-order valence-corrected chi connectivity index (χ3v) is 3.95. The number of ether oxygens (including phenoxy) is 1. The van der Waals surface area contributed by atoms with Crippen molar-refractivity contribution in [3.05, 3.63) is 40.4 Å². The smallest absolute Gasteiger partial charge is 0.129 e. The Morgan fingerprint density at radius 2 is 2.05 bits per heavy atom. The molecule has 0 saturated carbocycles. The topological polar surface area (TPSA) is 66.0 Å². The van der Waals surface area contributed by atoms with E-state index < -0.39 is 0 Å². The summed E-state index contributed by atoms with van der Waals surface area (Å²) in [5.74, 6) is 0.763. The monoisotopic (exact) mass is 332 g/mol. The highest BCUT2D eigenvalue weighted by Crippen LogP contribution is 2.30. The minimum absolute atomic E-state index is 0.690. The molecule has 0 aliphatic carbocycles. The van der Waals surface area contributed by atoms with Crippen molar-refractivity contribution in [1.82, 2.24) is 15.0 Å². The van der Waals surface area contributed by atoms with E-state index >= 15 is 0 Å². The average Bonchev–Trinajstić information content (AvgIpc) is 2.89. The highest BCUT2D eigenvalue weighted by molar-refractivity contribution is 9.10. The number of rotatable bonds is 2. The zero-order valence-electron chi connectivity index (χ0n) is 11.1. The molecule has 3 rings (SSSR count). The van der Waals surface area contributed by atoms with E-state index in [2.05, 4.69) is 26.1 Å². The second-order valence-corrected chi connectivity index (χ2v) is 5.27. The van der Waals surface area contributed by atoms with E-state index in [1.54, 1.807) is 11.9 Å². The van der Waals surface area contributed by atoms with Crippen molar-refractivity contribution in [3.63, 3.8) is 0 Å². The van der Waals surface area contributed by atoms with Gasteiger partial charge in [0.05, 0.1) is 23.0 Å². The quantitative estimate of drug-likeness (QED) is 0.732. The summed E-state index contributed by atoms with van der Waals surface area (Å²) in [7, 11) is 1.63. The number of fused-ring (bicyclic) bond motifs is 1. The maximum Gasteiger partial charge on any atom is 0.129 e. The van der Waals surface area contributed by atoms with Gasteiger partial charge in [-0.15, -0.1) is 10.2 Å². The van der Waals surface area contributed by atoms with Crippen molar-refractivity contribution in [2.75, 3.05) is 12.8 Å². The highest BCUT2D eigenvalue weighted by Gasteiger charge is 2.12. The fraction of sp³-hybridized carbons (Fsp3) is 0.143. The molecule has 0 spiro atoms. The largest absolute Gasteiger partial charge is 0.497 e. The Hall–Kier alpha value is -2.08. The number of methoxy groups -OCH3 is 1. The van der Waals surface area contributed by atoms with Gasteiger partial charge in [0.25, 0.3) is 0 Å². The van der Waals surface area contributed by atoms with Gasteiger partial charge in [0, 0.05) is 6.07 Å². The van der Waals surface area contributed by atoms with Crippen LogP contribution in [-0.2, 0) is 0 Å². The molecule has 0 aliphatic heterocycles. The third kappa shape index (κ3) is 2.02. The second-order valence-electron chi connectivity index (χ2n) is 4.48. The van der Waals surface area contributed by atoms with Gasteiger partial charge >= 0.3 is 0 Å². The molecular weight excluding hydrogens is 320 g/mol. The maximum atomic E-state index is 6.00. The minimum atomic E-state index is 0.690. The Labute approximate surface area is 124 Å². The molecule has 3 aromatic rings. The van der Waals surface area contributed by atoms with E-state index in [0.717, 1.165) is 32.5 Å². The van der Waals surface area contributed by atoms with E-state index in [1.807, 2.05) is 37.3 Å². The lowest BCUT2D eigenvalue weighted by Crippen LogP contribution is -1.98. The molecule has 0 radical (unpaired) electrons. The van der Waals surface area contributed by atoms with Gasteiger partial charge in [-0.3, -0.25) is 0 Å². The molecule has 6 heteroatoms. The zero-order chi connectivity index (χ0) is 14.3. The van der Waals surface area contributed by atoms with Gasteiger partial charge in [0.2, 0.25) is 0 Å². The molecule has 5 nitrogen and oxygen atoms in total. The number of benzene rings is 2. The first-order valence-electron chi connectivity index (χ1n) is 6.06. The summed E-state index contributed by atoms with van der Waals surface area (Å²) < 4.78 is 5.99. The number of anilines is 1. The van der Waals surface area contributed by atoms with Gasteiger partial charge in [0.1, 0.15) is 16.8 Å². The molecule has 0 amide bonds. The standard InChI is InChI=1S/C14H13BrN4O/c1-8-6-11-14(12(15)13(8)16)18-19(17-11)9-4-3-5-10(7-9)20-2/h3-7H,16H2,1-2H3. The zero-order valence-corrected chi connectivity index (χ0v) is 12.7. The van der Waals surface area contributed by atoms with E-state index in [1.165, 1.54) is 0 Å². The minimum Gasteiger partial charge on any atom is -0.497 e. The molecule has 0 saturated heterocycles. The average molecular weight is 333 g/mol. The van der Waals surface area contributed by atoms with Crippen LogP contribution in [0, 0.1) is 6.92 Å². The Morgan fingerprint density at radius 3 is 2.80 bits per heavy atom. The highest BCUT2D eigenvalue weighted by atomic mass is 79.9. The lowest BCUT2D eigenvalue weighted by Gasteiger charge is -2.02. The predicted octanol–water partition coefficient (Wildman–Crippen LogP) is 3.08. The molecule has 0 atom stereocenters. The summed E-state index contributed by atoms with van der Waals surface area (Å²) in [6, 6.07) is 9.51. The van der Waals surface area contributed by atoms with E-state index in [9.17, 15) is 0 Å². The van der Waals surface area contributed by atoms with Gasteiger partial charge in [0.15, 0.2) is 0 Å². The number of nitrogen functional groups attached to an aromatic ring is 1. The van der Waals surface area contributed by atoms with Crippen LogP contribution in [0.2, 0.25) is 0 Å². The summed E-state index contributed by atoms with van der Waals surface area (Å²) in [6.07, 6.45) is 0. The summed E-state index contributed by atoms with van der Waals surface area (Å²) >= 11 is 3.48. The van der Waals surface area contributed by atoms with Crippen LogP contribution in [-0.4, -0.2) is 22.1 Å². The number of halogens is 1. The Morgan fingerprint density at radius 1 is 1.25 bits per heavy atom. The van der Waals surface area contributed by atoms with Crippen LogP contribution in [0.3, 0.4) is 0 Å². The molecule has 0 unspecified atom stereocenters. The number of hydrogen-bond donors (Lipinski definition) is 1. The van der Waals surface area contributed by atoms with Crippen LogP contribution in [0.15, 0.2) is 34.8 Å². The van der Waals surface area contributed by atoms with Gasteiger partial charge < -0.3 is 10.5 Å². The summed E-state index contributed by atoms with van der Waals surface area (Å²) in [5, 5.41) is 8.97. The van der Waals surface area contributed by atoms with Crippen LogP contribution < -0.4 is 10.5 Å². The van der Waals surface area contributed by atoms with Gasteiger partial charge in [-0.2, -0.15) is 4.80 Å². The van der Waals surface area contributed by atoms with Crippen molar-refractivity contribution in [3.8, 4) is 11.4 Å². The number of aromatic nitrogens is 3. The van der Waals surface area contributed by atoms with E-state index in [-0.39, 0.29) is 0 Å². The van der Waals surface area contributed by atoms with Crippen molar-refractivity contribution in [2.45, 2.75) is 6.92 Å². The van der Waals surface area contributed by atoms with Crippen molar-refractivity contribution >= 4 is 32.7 Å². The first-order valence-corrected chi connectivity index (χ1v) is 6.85. The van der Waals surface area contributed by atoms with Crippen molar-refractivity contribution in [1.29, 1.82) is 0 Å². The summed E-state index contributed by atoms with van der Waals surface area (Å²) in [6.45, 7) is 1.95. The summed E-state index contributed by atoms with van der Waals surface area (Å²) in [4.78, 5) is 1.58. The molecular formula is C14H13BrN4O. The van der Waals surface area contributed by atoms with Crippen molar-refractivity contribution < 1.29 is 4.74 Å². The molecule has 0 bridgehead atoms. The second kappa shape index (κ2) is 4.79. The van der Waals surface area contributed by atoms with Gasteiger partial charge in [-0.25, -0.2) is 0 Å². The predicted molar refractivity (Wildman–Crippen MR) is 82.3 cm³/mol. The maximum absolute atomic E-state index is 6.00. The number of nitrogens with two attached hydrogens (primary N) is 1. The van der Waals surface area contributed by atoms with Crippen LogP contribution in [0.25, 0.3) is 16.7 Å².